The summed E-state index contributed by atoms with van der Waals surface area (Å²) >= 11 is 0. The van der Waals surface area contributed by atoms with Gasteiger partial charge in [-0.1, -0.05) is 0 Å². The van der Waals surface area contributed by atoms with Gasteiger partial charge in [0.05, 0.1) is 19.3 Å². The molecule has 2 heterocycles. The summed E-state index contributed by atoms with van der Waals surface area (Å²) in [6, 6.07) is 5.48. The van der Waals surface area contributed by atoms with Crippen molar-refractivity contribution in [3.05, 3.63) is 18.2 Å². The quantitative estimate of drug-likeness (QED) is 0.867. The number of hydrogen-bond donors (Lipinski definition) is 1. The maximum atomic E-state index is 6.16. The minimum Gasteiger partial charge on any atom is -0.493 e. The van der Waals surface area contributed by atoms with Crippen molar-refractivity contribution in [1.29, 1.82) is 0 Å². The smallest absolute Gasteiger partial charge is 0.163 e. The Bertz CT molecular complexity index is 480. The fraction of sp³-hybridized carbons (Fsp3) is 0.625. The molecule has 1 spiro atoms. The summed E-state index contributed by atoms with van der Waals surface area (Å²) in [7, 11) is 1.64. The lowest BCUT2D eigenvalue weighted by atomic mass is 9.85. The molecule has 0 aromatic heterocycles. The molecule has 0 radical (unpaired) electrons. The van der Waals surface area contributed by atoms with E-state index in [0.717, 1.165) is 51.3 Å². The van der Waals surface area contributed by atoms with Crippen LogP contribution in [0.2, 0.25) is 0 Å². The van der Waals surface area contributed by atoms with Crippen LogP contribution < -0.4 is 15.2 Å². The Hall–Kier alpha value is -1.46. The lowest BCUT2D eigenvalue weighted by Crippen LogP contribution is -2.47. The summed E-state index contributed by atoms with van der Waals surface area (Å²) in [4.78, 5) is 0. The van der Waals surface area contributed by atoms with Gasteiger partial charge in [-0.15, -0.1) is 0 Å². The van der Waals surface area contributed by atoms with Gasteiger partial charge >= 0.3 is 0 Å². The van der Waals surface area contributed by atoms with Gasteiger partial charge in [0, 0.05) is 37.8 Å². The van der Waals surface area contributed by atoms with Crippen LogP contribution in [0, 0.1) is 0 Å². The molecule has 21 heavy (non-hydrogen) atoms. The lowest BCUT2D eigenvalue weighted by molar-refractivity contribution is -0.155. The molecule has 1 atom stereocenters. The lowest BCUT2D eigenvalue weighted by Gasteiger charge is -2.43. The first-order valence-electron chi connectivity index (χ1n) is 7.53. The first kappa shape index (κ1) is 14.5. The predicted molar refractivity (Wildman–Crippen MR) is 79.8 cm³/mol. The van der Waals surface area contributed by atoms with Gasteiger partial charge in [-0.25, -0.2) is 0 Å². The number of ether oxygens (including phenoxy) is 4. The van der Waals surface area contributed by atoms with E-state index in [1.165, 1.54) is 0 Å². The van der Waals surface area contributed by atoms with E-state index >= 15 is 0 Å². The van der Waals surface area contributed by atoms with Crippen molar-refractivity contribution in [3.8, 4) is 11.5 Å². The Labute approximate surface area is 125 Å². The summed E-state index contributed by atoms with van der Waals surface area (Å²) in [6.07, 6.45) is 3.81. The molecule has 3 rings (SSSR count). The van der Waals surface area contributed by atoms with E-state index in [1.54, 1.807) is 7.11 Å². The van der Waals surface area contributed by atoms with E-state index in [-0.39, 0.29) is 11.7 Å². The zero-order valence-electron chi connectivity index (χ0n) is 12.5. The first-order chi connectivity index (χ1) is 10.2. The zero-order valence-corrected chi connectivity index (χ0v) is 12.5. The normalized spacial score (nSPS) is 24.7. The average molecular weight is 293 g/mol. The molecule has 1 aromatic carbocycles. The van der Waals surface area contributed by atoms with Gasteiger partial charge in [0.15, 0.2) is 11.5 Å². The summed E-state index contributed by atoms with van der Waals surface area (Å²) < 4.78 is 23.0. The van der Waals surface area contributed by atoms with Gasteiger partial charge in [0.1, 0.15) is 6.10 Å². The molecule has 2 fully saturated rings. The van der Waals surface area contributed by atoms with Gasteiger partial charge in [-0.05, 0) is 25.0 Å². The first-order valence-corrected chi connectivity index (χ1v) is 7.53. The SMILES string of the molecule is COc1ccc(N)cc1OC1CCOC2(CCOCC2)C1. The Morgan fingerprint density at radius 1 is 1.19 bits per heavy atom. The molecular formula is C16H23NO4. The molecule has 5 nitrogen and oxygen atoms in total. The Kier molecular flexibility index (Phi) is 4.22. The molecule has 0 aliphatic carbocycles. The molecule has 5 heteroatoms. The van der Waals surface area contributed by atoms with Crippen molar-refractivity contribution in [2.24, 2.45) is 0 Å². The fourth-order valence-electron chi connectivity index (χ4n) is 3.14. The van der Waals surface area contributed by atoms with E-state index in [0.29, 0.717) is 11.4 Å². The van der Waals surface area contributed by atoms with Crippen LogP contribution in [0.1, 0.15) is 25.7 Å². The summed E-state index contributed by atoms with van der Waals surface area (Å²) in [5.41, 5.74) is 6.45. The van der Waals surface area contributed by atoms with Crippen molar-refractivity contribution < 1.29 is 18.9 Å². The van der Waals surface area contributed by atoms with Crippen LogP contribution in [-0.4, -0.2) is 38.6 Å². The highest BCUT2D eigenvalue weighted by Gasteiger charge is 2.40. The second-order valence-electron chi connectivity index (χ2n) is 5.79. The van der Waals surface area contributed by atoms with E-state index < -0.39 is 0 Å². The zero-order chi connectivity index (χ0) is 14.7. The second-order valence-corrected chi connectivity index (χ2v) is 5.79. The van der Waals surface area contributed by atoms with E-state index in [1.807, 2.05) is 18.2 Å². The van der Waals surface area contributed by atoms with Crippen LogP contribution in [-0.2, 0) is 9.47 Å². The highest BCUT2D eigenvalue weighted by Crippen LogP contribution is 2.37. The van der Waals surface area contributed by atoms with Gasteiger partial charge < -0.3 is 24.7 Å². The van der Waals surface area contributed by atoms with Gasteiger partial charge in [-0.3, -0.25) is 0 Å². The van der Waals surface area contributed by atoms with Crippen molar-refractivity contribution in [2.45, 2.75) is 37.4 Å². The molecular weight excluding hydrogens is 270 g/mol. The number of methoxy groups -OCH3 is 1. The van der Waals surface area contributed by atoms with Crippen LogP contribution in [0.25, 0.3) is 0 Å². The molecule has 2 aliphatic rings. The number of nitrogens with two attached hydrogens (primary N) is 1. The largest absolute Gasteiger partial charge is 0.493 e. The number of hydrogen-bond acceptors (Lipinski definition) is 5. The minimum atomic E-state index is -0.0747. The van der Waals surface area contributed by atoms with Crippen LogP contribution in [0.3, 0.4) is 0 Å². The minimum absolute atomic E-state index is 0.0747. The third-order valence-electron chi connectivity index (χ3n) is 4.33. The van der Waals surface area contributed by atoms with Gasteiger partial charge in [0.2, 0.25) is 0 Å². The Morgan fingerprint density at radius 2 is 2.00 bits per heavy atom. The molecule has 2 saturated heterocycles. The Balaban J connectivity index is 1.71. The maximum absolute atomic E-state index is 6.16. The van der Waals surface area contributed by atoms with Gasteiger partial charge in [0.25, 0.3) is 0 Å². The molecule has 0 amide bonds. The highest BCUT2D eigenvalue weighted by atomic mass is 16.5. The summed E-state index contributed by atoms with van der Waals surface area (Å²) in [6.45, 7) is 2.28. The molecule has 1 unspecified atom stereocenters. The second kappa shape index (κ2) is 6.12. The molecule has 2 N–H and O–H groups in total. The fourth-order valence-corrected chi connectivity index (χ4v) is 3.14. The van der Waals surface area contributed by atoms with Crippen LogP contribution in [0.15, 0.2) is 18.2 Å². The summed E-state index contributed by atoms with van der Waals surface area (Å²) in [5.74, 6) is 1.43. The topological polar surface area (TPSA) is 62.9 Å². The van der Waals surface area contributed by atoms with Crippen LogP contribution in [0.5, 0.6) is 11.5 Å². The third-order valence-corrected chi connectivity index (χ3v) is 4.33. The summed E-state index contributed by atoms with van der Waals surface area (Å²) in [5, 5.41) is 0. The third kappa shape index (κ3) is 3.24. The van der Waals surface area contributed by atoms with Crippen LogP contribution >= 0.6 is 0 Å². The van der Waals surface area contributed by atoms with Crippen LogP contribution in [0.4, 0.5) is 5.69 Å². The van der Waals surface area contributed by atoms with Crippen molar-refractivity contribution in [1.82, 2.24) is 0 Å². The molecule has 2 aliphatic heterocycles. The molecule has 116 valence electrons. The van der Waals surface area contributed by atoms with E-state index in [2.05, 4.69) is 0 Å². The predicted octanol–water partition coefficient (Wildman–Crippen LogP) is 2.38. The number of nitrogen functional groups attached to an aromatic ring is 1. The monoisotopic (exact) mass is 293 g/mol. The van der Waals surface area contributed by atoms with Gasteiger partial charge in [-0.2, -0.15) is 0 Å². The highest BCUT2D eigenvalue weighted by molar-refractivity contribution is 5.52. The Morgan fingerprint density at radius 3 is 2.76 bits per heavy atom. The standard InChI is InChI=1S/C16H23NO4/c1-18-14-3-2-12(17)10-15(14)21-13-4-7-20-16(11-13)5-8-19-9-6-16/h2-3,10,13H,4-9,11,17H2,1H3. The van der Waals surface area contributed by atoms with Crippen molar-refractivity contribution in [2.75, 3.05) is 32.7 Å². The van der Waals surface area contributed by atoms with Crippen molar-refractivity contribution in [3.63, 3.8) is 0 Å². The molecule has 0 saturated carbocycles. The number of benzene rings is 1. The van der Waals surface area contributed by atoms with E-state index in [9.17, 15) is 0 Å². The molecule has 1 aromatic rings. The van der Waals surface area contributed by atoms with E-state index in [4.69, 9.17) is 24.7 Å². The maximum Gasteiger partial charge on any atom is 0.163 e. The molecule has 0 bridgehead atoms. The number of anilines is 1. The van der Waals surface area contributed by atoms with Crippen molar-refractivity contribution >= 4 is 5.69 Å². The number of rotatable bonds is 3. The average Bonchev–Trinajstić information content (AvgIpc) is 2.48.